The summed E-state index contributed by atoms with van der Waals surface area (Å²) in [6, 6.07) is 7.86. The molecule has 0 saturated carbocycles. The largest absolute Gasteiger partial charge is 0.480 e. The molecule has 0 saturated heterocycles. The van der Waals surface area contributed by atoms with E-state index in [-0.39, 0.29) is 18.3 Å². The number of ketones is 1. The highest BCUT2D eigenvalue weighted by Gasteiger charge is 2.26. The smallest absolute Gasteiger partial charge is 0.326 e. The normalized spacial score (nSPS) is 12.5. The van der Waals surface area contributed by atoms with Crippen LogP contribution in [0.5, 0.6) is 0 Å². The third kappa shape index (κ3) is 6.21. The van der Waals surface area contributed by atoms with Crippen LogP contribution in [0, 0.1) is 5.41 Å². The van der Waals surface area contributed by atoms with Crippen LogP contribution in [0.4, 0.5) is 0 Å². The Bertz CT molecular complexity index is 517. The van der Waals surface area contributed by atoms with E-state index in [9.17, 15) is 19.5 Å². The number of hydrogen-bond donors (Lipinski definition) is 2. The van der Waals surface area contributed by atoms with Crippen molar-refractivity contribution in [2.45, 2.75) is 39.7 Å². The van der Waals surface area contributed by atoms with Crippen molar-refractivity contribution in [3.8, 4) is 0 Å². The number of amides is 1. The molecule has 0 fully saturated rings. The van der Waals surface area contributed by atoms with Crippen molar-refractivity contribution < 1.29 is 19.5 Å². The van der Waals surface area contributed by atoms with Crippen molar-refractivity contribution >= 4 is 17.7 Å². The fourth-order valence-electron chi connectivity index (χ4n) is 1.85. The van der Waals surface area contributed by atoms with Crippen molar-refractivity contribution in [2.24, 2.45) is 5.41 Å². The van der Waals surface area contributed by atoms with Crippen LogP contribution in [0.1, 0.15) is 32.8 Å². The van der Waals surface area contributed by atoms with Crippen LogP contribution >= 0.6 is 0 Å². The van der Waals surface area contributed by atoms with Crippen molar-refractivity contribution in [1.29, 1.82) is 0 Å². The molecule has 0 aliphatic rings. The lowest BCUT2D eigenvalue weighted by Crippen LogP contribution is -2.45. The number of carboxylic acid groups (broad SMARTS) is 1. The summed E-state index contributed by atoms with van der Waals surface area (Å²) in [5.41, 5.74) is 0.473. The molecular weight excluding hydrogens is 270 g/mol. The van der Waals surface area contributed by atoms with Crippen LogP contribution in [0.25, 0.3) is 0 Å². The van der Waals surface area contributed by atoms with Crippen LogP contribution in [0.3, 0.4) is 0 Å². The number of carbonyl (C=O) groups is 3. The van der Waals surface area contributed by atoms with Gasteiger partial charge in [0.25, 0.3) is 5.91 Å². The van der Waals surface area contributed by atoms with Gasteiger partial charge in [0, 0.05) is 12.8 Å². The van der Waals surface area contributed by atoms with Crippen molar-refractivity contribution in [3.05, 3.63) is 35.9 Å². The van der Waals surface area contributed by atoms with E-state index in [2.05, 4.69) is 5.32 Å². The third-order valence-electron chi connectivity index (χ3n) is 2.83. The van der Waals surface area contributed by atoms with Gasteiger partial charge in [0.1, 0.15) is 6.04 Å². The van der Waals surface area contributed by atoms with Crippen LogP contribution in [-0.2, 0) is 20.8 Å². The van der Waals surface area contributed by atoms with E-state index >= 15 is 0 Å². The van der Waals surface area contributed by atoms with Crippen molar-refractivity contribution in [3.63, 3.8) is 0 Å². The van der Waals surface area contributed by atoms with Gasteiger partial charge in [0.05, 0.1) is 0 Å². The first-order valence-corrected chi connectivity index (χ1v) is 6.79. The molecule has 0 bridgehead atoms. The van der Waals surface area contributed by atoms with E-state index in [1.165, 1.54) is 0 Å². The summed E-state index contributed by atoms with van der Waals surface area (Å²) in [4.78, 5) is 34.8. The molecule has 0 aliphatic heterocycles. The average molecular weight is 291 g/mol. The Balaban J connectivity index is 2.69. The van der Waals surface area contributed by atoms with Gasteiger partial charge >= 0.3 is 5.97 Å². The quantitative estimate of drug-likeness (QED) is 0.783. The second-order valence-corrected chi connectivity index (χ2v) is 6.21. The molecular formula is C16H21NO4. The monoisotopic (exact) mass is 291 g/mol. The molecule has 1 amide bonds. The molecule has 114 valence electrons. The molecule has 0 radical (unpaired) electrons. The first kappa shape index (κ1) is 16.9. The topological polar surface area (TPSA) is 83.5 Å². The van der Waals surface area contributed by atoms with E-state index in [1.54, 1.807) is 24.3 Å². The van der Waals surface area contributed by atoms with Gasteiger partial charge in [-0.05, 0) is 11.0 Å². The first-order valence-electron chi connectivity index (χ1n) is 6.79. The minimum atomic E-state index is -1.16. The predicted molar refractivity (Wildman–Crippen MR) is 78.8 cm³/mol. The number of nitrogens with one attached hydrogen (secondary N) is 1. The predicted octanol–water partition coefficient (Wildman–Crippen LogP) is 1.80. The van der Waals surface area contributed by atoms with E-state index < -0.39 is 23.7 Å². The summed E-state index contributed by atoms with van der Waals surface area (Å²) in [7, 11) is 0. The number of Topliss-reactive ketones (excluding diaryl/α,β-unsaturated/α-hetero) is 1. The maximum Gasteiger partial charge on any atom is 0.326 e. The highest BCUT2D eigenvalue weighted by molar-refractivity contribution is 6.36. The molecule has 1 rings (SSSR count). The Morgan fingerprint density at radius 1 is 1.14 bits per heavy atom. The summed E-state index contributed by atoms with van der Waals surface area (Å²) >= 11 is 0. The molecule has 0 aliphatic carbocycles. The standard InChI is InChI=1S/C16H21NO4/c1-16(2,3)10-13(18)14(19)17-12(15(20)21)9-11-7-5-4-6-8-11/h4-8,12H,9-10H2,1-3H3,(H,17,19)(H,20,21)/t12-/m0/s1. The lowest BCUT2D eigenvalue weighted by Gasteiger charge is -2.18. The molecule has 2 N–H and O–H groups in total. The fraction of sp³-hybridized carbons (Fsp3) is 0.438. The lowest BCUT2D eigenvalue weighted by atomic mass is 9.89. The molecule has 1 aromatic carbocycles. The van der Waals surface area contributed by atoms with E-state index in [0.717, 1.165) is 5.56 Å². The van der Waals surface area contributed by atoms with Gasteiger partial charge in [-0.25, -0.2) is 4.79 Å². The zero-order valence-electron chi connectivity index (χ0n) is 12.6. The van der Waals surface area contributed by atoms with Gasteiger partial charge in [0.2, 0.25) is 5.78 Å². The Morgan fingerprint density at radius 3 is 2.19 bits per heavy atom. The summed E-state index contributed by atoms with van der Waals surface area (Å²) in [5.74, 6) is -2.59. The number of aliphatic carboxylic acids is 1. The van der Waals surface area contributed by atoms with Crippen LogP contribution in [0.15, 0.2) is 30.3 Å². The SMILES string of the molecule is CC(C)(C)CC(=O)C(=O)N[C@@H](Cc1ccccc1)C(=O)O. The van der Waals surface area contributed by atoms with Crippen LogP contribution in [0.2, 0.25) is 0 Å². The van der Waals surface area contributed by atoms with Crippen LogP contribution < -0.4 is 5.32 Å². The van der Waals surface area contributed by atoms with Gasteiger partial charge in [-0.3, -0.25) is 9.59 Å². The Labute approximate surface area is 124 Å². The Morgan fingerprint density at radius 2 is 1.71 bits per heavy atom. The van der Waals surface area contributed by atoms with Crippen LogP contribution in [-0.4, -0.2) is 28.8 Å². The Kier molecular flexibility index (Phi) is 5.64. The molecule has 5 heteroatoms. The molecule has 1 aromatic rings. The summed E-state index contributed by atoms with van der Waals surface area (Å²) < 4.78 is 0. The van der Waals surface area contributed by atoms with E-state index in [1.807, 2.05) is 26.8 Å². The number of hydrogen-bond acceptors (Lipinski definition) is 3. The zero-order valence-corrected chi connectivity index (χ0v) is 12.6. The lowest BCUT2D eigenvalue weighted by molar-refractivity contribution is -0.144. The summed E-state index contributed by atoms with van der Waals surface area (Å²) in [6.07, 6.45) is 0.223. The van der Waals surface area contributed by atoms with Gasteiger partial charge in [-0.2, -0.15) is 0 Å². The van der Waals surface area contributed by atoms with Gasteiger partial charge < -0.3 is 10.4 Å². The molecule has 0 spiro atoms. The first-order chi connectivity index (χ1) is 9.69. The molecule has 0 heterocycles. The molecule has 5 nitrogen and oxygen atoms in total. The summed E-state index contributed by atoms with van der Waals surface area (Å²) in [6.45, 7) is 5.53. The number of carboxylic acids is 1. The zero-order chi connectivity index (χ0) is 16.0. The molecule has 1 atom stereocenters. The third-order valence-corrected chi connectivity index (χ3v) is 2.83. The molecule has 0 aromatic heterocycles. The van der Waals surface area contributed by atoms with Gasteiger partial charge in [-0.1, -0.05) is 51.1 Å². The number of carbonyl (C=O) groups excluding carboxylic acids is 2. The maximum absolute atomic E-state index is 11.8. The second kappa shape index (κ2) is 7.02. The fourth-order valence-corrected chi connectivity index (χ4v) is 1.85. The summed E-state index contributed by atoms with van der Waals surface area (Å²) in [5, 5.41) is 11.5. The van der Waals surface area contributed by atoms with Gasteiger partial charge in [-0.15, -0.1) is 0 Å². The number of rotatable bonds is 6. The highest BCUT2D eigenvalue weighted by Crippen LogP contribution is 2.18. The van der Waals surface area contributed by atoms with Gasteiger partial charge in [0.15, 0.2) is 0 Å². The van der Waals surface area contributed by atoms with E-state index in [4.69, 9.17) is 0 Å². The molecule has 21 heavy (non-hydrogen) atoms. The minimum Gasteiger partial charge on any atom is -0.480 e. The maximum atomic E-state index is 11.8. The highest BCUT2D eigenvalue weighted by atomic mass is 16.4. The van der Waals surface area contributed by atoms with Crippen molar-refractivity contribution in [1.82, 2.24) is 5.32 Å². The molecule has 0 unspecified atom stereocenters. The average Bonchev–Trinajstić information content (AvgIpc) is 2.36. The van der Waals surface area contributed by atoms with E-state index in [0.29, 0.717) is 0 Å². The van der Waals surface area contributed by atoms with Crippen molar-refractivity contribution in [2.75, 3.05) is 0 Å². The second-order valence-electron chi connectivity index (χ2n) is 6.21. The Hall–Kier alpha value is -2.17. The minimum absolute atomic E-state index is 0.0799. The number of benzene rings is 1.